The molecule has 1 atom stereocenters. The van der Waals surface area contributed by atoms with Gasteiger partial charge in [-0.3, -0.25) is 4.57 Å². The van der Waals surface area contributed by atoms with E-state index in [4.69, 9.17) is 11.6 Å². The maximum Gasteiger partial charge on any atom is 0.332 e. The number of alkyl halides is 2. The predicted octanol–water partition coefficient (Wildman–Crippen LogP) is 4.61. The minimum atomic E-state index is -3.34. The number of imidazole rings is 1. The number of phenolic OH excluding ortho intramolecular Hbond substituents is 1. The summed E-state index contributed by atoms with van der Waals surface area (Å²) in [5.41, 5.74) is -1.08. The number of aromatic nitrogens is 3. The lowest BCUT2D eigenvalue weighted by Gasteiger charge is -2.22. The van der Waals surface area contributed by atoms with Gasteiger partial charge in [-0.15, -0.1) is 0 Å². The van der Waals surface area contributed by atoms with Crippen molar-refractivity contribution in [2.75, 3.05) is 18.0 Å². The molecule has 1 aliphatic heterocycles. The average molecular weight is 531 g/mol. The van der Waals surface area contributed by atoms with E-state index in [-0.39, 0.29) is 40.0 Å². The van der Waals surface area contributed by atoms with Crippen LogP contribution in [0.3, 0.4) is 0 Å². The summed E-state index contributed by atoms with van der Waals surface area (Å²) < 4.78 is 45.9. The Morgan fingerprint density at radius 2 is 1.70 bits per heavy atom. The molecule has 192 valence electrons. The number of hydrogen-bond donors (Lipinski definition) is 2. The monoisotopic (exact) mass is 530 g/mol. The Hall–Kier alpha value is -3.76. The Morgan fingerprint density at radius 1 is 1.03 bits per heavy atom. The highest BCUT2D eigenvalue weighted by molar-refractivity contribution is 6.32. The summed E-state index contributed by atoms with van der Waals surface area (Å²) in [6.07, 6.45) is 4.52. The Balaban J connectivity index is 1.54. The van der Waals surface area contributed by atoms with E-state index in [0.29, 0.717) is 16.8 Å². The molecular weight excluding hydrogens is 509 g/mol. The fourth-order valence-electron chi connectivity index (χ4n) is 4.43. The number of rotatable bonds is 4. The van der Waals surface area contributed by atoms with Gasteiger partial charge in [-0.2, -0.15) is 0 Å². The number of pyridine rings is 1. The third-order valence-electron chi connectivity index (χ3n) is 6.60. The van der Waals surface area contributed by atoms with Gasteiger partial charge in [0.2, 0.25) is 0 Å². The predicted molar refractivity (Wildman–Crippen MR) is 134 cm³/mol. The minimum absolute atomic E-state index is 0.121. The van der Waals surface area contributed by atoms with Crippen molar-refractivity contribution >= 4 is 17.4 Å². The van der Waals surface area contributed by atoms with Gasteiger partial charge in [-0.1, -0.05) is 17.7 Å². The van der Waals surface area contributed by atoms with E-state index >= 15 is 0 Å². The Labute approximate surface area is 214 Å². The first-order valence-corrected chi connectivity index (χ1v) is 11.6. The summed E-state index contributed by atoms with van der Waals surface area (Å²) in [6, 6.07) is 9.96. The molecule has 0 saturated carbocycles. The van der Waals surface area contributed by atoms with E-state index in [2.05, 4.69) is 4.98 Å². The number of β-amino-alcohol motifs (C(OH)–C–C–N with tert-alkyl or cyclic N) is 1. The quantitative estimate of drug-likeness (QED) is 0.403. The van der Waals surface area contributed by atoms with Crippen LogP contribution in [0.25, 0.3) is 27.9 Å². The number of nitrogens with zero attached hydrogens (tertiary/aromatic N) is 4. The van der Waals surface area contributed by atoms with Crippen LogP contribution in [-0.2, 0) is 7.05 Å². The number of benzene rings is 2. The van der Waals surface area contributed by atoms with Crippen molar-refractivity contribution in [2.24, 2.45) is 7.05 Å². The summed E-state index contributed by atoms with van der Waals surface area (Å²) in [5, 5.41) is 21.4. The molecule has 1 fully saturated rings. The minimum Gasteiger partial charge on any atom is -0.507 e. The van der Waals surface area contributed by atoms with Crippen molar-refractivity contribution in [3.8, 4) is 33.7 Å². The van der Waals surface area contributed by atoms with Crippen LogP contribution in [-0.4, -0.2) is 48.9 Å². The molecule has 1 saturated heterocycles. The zero-order chi connectivity index (χ0) is 26.7. The second kappa shape index (κ2) is 8.67. The number of aliphatic hydroxyl groups is 1. The molecule has 5 rings (SSSR count). The maximum absolute atomic E-state index is 14.7. The number of halogens is 4. The molecule has 37 heavy (non-hydrogen) atoms. The van der Waals surface area contributed by atoms with Gasteiger partial charge in [0, 0.05) is 36.8 Å². The van der Waals surface area contributed by atoms with Gasteiger partial charge in [0.15, 0.2) is 0 Å². The first kappa shape index (κ1) is 24.9. The average Bonchev–Trinajstić information content (AvgIpc) is 3.28. The highest BCUT2D eigenvalue weighted by Gasteiger charge is 2.56. The van der Waals surface area contributed by atoms with E-state index < -0.39 is 23.9 Å². The molecule has 7 nitrogen and oxygen atoms in total. The molecule has 1 aliphatic rings. The topological polar surface area (TPSA) is 83.5 Å². The summed E-state index contributed by atoms with van der Waals surface area (Å²) >= 11 is 6.44. The molecule has 3 heterocycles. The Kier molecular flexibility index (Phi) is 5.84. The lowest BCUT2D eigenvalue weighted by atomic mass is 9.97. The van der Waals surface area contributed by atoms with Crippen molar-refractivity contribution in [1.82, 2.24) is 14.1 Å². The summed E-state index contributed by atoms with van der Waals surface area (Å²) in [7, 11) is 1.61. The second-order valence-electron chi connectivity index (χ2n) is 9.31. The van der Waals surface area contributed by atoms with Gasteiger partial charge in [0.1, 0.15) is 23.0 Å². The normalized spacial score (nSPS) is 18.9. The number of phenols is 1. The van der Waals surface area contributed by atoms with Crippen LogP contribution in [0.15, 0.2) is 65.8 Å². The number of hydrogen-bond acceptors (Lipinski definition) is 5. The van der Waals surface area contributed by atoms with E-state index in [9.17, 15) is 28.2 Å². The fraction of sp³-hybridized carbons (Fsp3) is 0.231. The highest BCUT2D eigenvalue weighted by Crippen LogP contribution is 2.42. The lowest BCUT2D eigenvalue weighted by molar-refractivity contribution is -0.134. The first-order valence-electron chi connectivity index (χ1n) is 11.3. The molecule has 2 N–H and O–H groups in total. The Morgan fingerprint density at radius 3 is 2.27 bits per heavy atom. The second-order valence-corrected chi connectivity index (χ2v) is 9.72. The number of aromatic hydroxyl groups is 1. The van der Waals surface area contributed by atoms with Gasteiger partial charge in [-0.05, 0) is 54.4 Å². The van der Waals surface area contributed by atoms with E-state index in [1.807, 2.05) is 0 Å². The van der Waals surface area contributed by atoms with Crippen LogP contribution in [0.1, 0.15) is 6.92 Å². The first-order chi connectivity index (χ1) is 17.4. The van der Waals surface area contributed by atoms with Gasteiger partial charge in [0.25, 0.3) is 5.92 Å². The third-order valence-corrected chi connectivity index (χ3v) is 6.90. The van der Waals surface area contributed by atoms with Crippen LogP contribution in [0.2, 0.25) is 5.02 Å². The molecule has 11 heteroatoms. The Bertz CT molecular complexity index is 1570. The highest BCUT2D eigenvalue weighted by atomic mass is 35.5. The summed E-state index contributed by atoms with van der Waals surface area (Å²) in [6.45, 7) is -0.00945. The van der Waals surface area contributed by atoms with Gasteiger partial charge in [0.05, 0.1) is 23.8 Å². The number of anilines is 1. The van der Waals surface area contributed by atoms with Crippen molar-refractivity contribution in [3.05, 3.63) is 82.4 Å². The summed E-state index contributed by atoms with van der Waals surface area (Å²) in [5.74, 6) is -4.08. The van der Waals surface area contributed by atoms with Crippen molar-refractivity contribution in [3.63, 3.8) is 0 Å². The SMILES string of the molecule is Cn1ccn(-c2ccc(-c3cc(F)cc(-c4ccnc(N5CC(F)(F)[C@](C)(O)C5)c4)c3O)cc2Cl)c1=O. The van der Waals surface area contributed by atoms with Crippen LogP contribution >= 0.6 is 11.6 Å². The fourth-order valence-corrected chi connectivity index (χ4v) is 4.70. The molecule has 0 spiro atoms. The van der Waals surface area contributed by atoms with E-state index in [1.54, 1.807) is 31.6 Å². The van der Waals surface area contributed by atoms with Crippen LogP contribution in [0.4, 0.5) is 19.0 Å². The van der Waals surface area contributed by atoms with E-state index in [0.717, 1.165) is 19.1 Å². The smallest absolute Gasteiger partial charge is 0.332 e. The molecule has 4 aromatic rings. The molecule has 2 aromatic heterocycles. The number of aryl methyl sites for hydroxylation is 1. The zero-order valence-corrected chi connectivity index (χ0v) is 20.5. The lowest BCUT2D eigenvalue weighted by Crippen LogP contribution is -2.43. The maximum atomic E-state index is 14.7. The van der Waals surface area contributed by atoms with Crippen molar-refractivity contribution in [1.29, 1.82) is 0 Å². The summed E-state index contributed by atoms with van der Waals surface area (Å²) in [4.78, 5) is 17.7. The van der Waals surface area contributed by atoms with Crippen LogP contribution in [0, 0.1) is 5.82 Å². The molecular formula is C26H22ClF3N4O3. The van der Waals surface area contributed by atoms with Gasteiger partial charge >= 0.3 is 5.69 Å². The van der Waals surface area contributed by atoms with Gasteiger partial charge in [-0.25, -0.2) is 22.9 Å². The van der Waals surface area contributed by atoms with Crippen molar-refractivity contribution < 1.29 is 23.4 Å². The standard InChI is InChI=1S/C26H22ClF3N4O3/c1-25(37)13-33(14-26(25,29)30)22-10-16(5-6-31-22)19-12-17(28)11-18(23(19)35)15-3-4-21(20(27)9-15)34-8-7-32(2)24(34)36/h3-12,35,37H,13-14H2,1-2H3/t25-/m1/s1. The van der Waals surface area contributed by atoms with Crippen molar-refractivity contribution in [2.45, 2.75) is 18.4 Å². The van der Waals surface area contributed by atoms with Crippen LogP contribution in [0.5, 0.6) is 5.75 Å². The molecule has 0 amide bonds. The van der Waals surface area contributed by atoms with E-state index in [1.165, 1.54) is 38.4 Å². The molecule has 0 radical (unpaired) electrons. The molecule has 0 unspecified atom stereocenters. The van der Waals surface area contributed by atoms with Gasteiger partial charge < -0.3 is 19.7 Å². The zero-order valence-electron chi connectivity index (χ0n) is 19.8. The largest absolute Gasteiger partial charge is 0.507 e. The van der Waals surface area contributed by atoms with Crippen LogP contribution < -0.4 is 10.6 Å². The third kappa shape index (κ3) is 4.25. The molecule has 0 bridgehead atoms. The molecule has 2 aromatic carbocycles. The molecule has 0 aliphatic carbocycles.